The molecule has 0 radical (unpaired) electrons. The van der Waals surface area contributed by atoms with Crippen molar-refractivity contribution in [2.45, 2.75) is 11.8 Å². The zero-order valence-electron chi connectivity index (χ0n) is 14.0. The van der Waals surface area contributed by atoms with Crippen molar-refractivity contribution in [1.82, 2.24) is 14.7 Å². The highest BCUT2D eigenvalue weighted by Gasteiger charge is 2.18. The Morgan fingerprint density at radius 3 is 2.48 bits per heavy atom. The van der Waals surface area contributed by atoms with Gasteiger partial charge >= 0.3 is 0 Å². The third-order valence-corrected chi connectivity index (χ3v) is 4.68. The van der Waals surface area contributed by atoms with Crippen LogP contribution in [0.25, 0.3) is 0 Å². The first-order chi connectivity index (χ1) is 11.7. The molecular formula is C15H19F2N5O2S. The van der Waals surface area contributed by atoms with E-state index in [1.165, 1.54) is 0 Å². The van der Waals surface area contributed by atoms with E-state index in [0.717, 1.165) is 12.1 Å². The van der Waals surface area contributed by atoms with E-state index in [2.05, 4.69) is 20.0 Å². The van der Waals surface area contributed by atoms with Gasteiger partial charge in [0.2, 0.25) is 10.0 Å². The fourth-order valence-corrected chi connectivity index (χ4v) is 3.11. The molecule has 2 aromatic rings. The molecule has 0 amide bonds. The monoisotopic (exact) mass is 371 g/mol. The molecule has 0 aliphatic carbocycles. The Bertz CT molecular complexity index is 859. The molecule has 1 aromatic carbocycles. The fourth-order valence-electron chi connectivity index (χ4n) is 2.02. The summed E-state index contributed by atoms with van der Waals surface area (Å²) in [4.78, 5) is 9.68. The highest BCUT2D eigenvalue weighted by Crippen LogP contribution is 2.15. The summed E-state index contributed by atoms with van der Waals surface area (Å²) in [5.41, 5.74) is 0. The van der Waals surface area contributed by atoms with Gasteiger partial charge in [-0.2, -0.15) is 0 Å². The van der Waals surface area contributed by atoms with Crippen LogP contribution in [0.4, 0.5) is 20.4 Å². The van der Waals surface area contributed by atoms with Crippen LogP contribution in [-0.2, 0) is 10.0 Å². The van der Waals surface area contributed by atoms with Gasteiger partial charge in [-0.1, -0.05) is 0 Å². The lowest BCUT2D eigenvalue weighted by atomic mass is 10.3. The number of nitrogens with one attached hydrogen (secondary N) is 2. The van der Waals surface area contributed by atoms with E-state index in [-0.39, 0.29) is 13.1 Å². The summed E-state index contributed by atoms with van der Waals surface area (Å²) in [5, 5.41) is 2.97. The summed E-state index contributed by atoms with van der Waals surface area (Å²) in [7, 11) is -0.376. The van der Waals surface area contributed by atoms with Crippen molar-refractivity contribution in [3.8, 4) is 0 Å². The number of sulfonamides is 1. The molecule has 0 aliphatic heterocycles. The van der Waals surface area contributed by atoms with Crippen molar-refractivity contribution >= 4 is 21.7 Å². The Hall–Kier alpha value is -2.33. The van der Waals surface area contributed by atoms with Crippen molar-refractivity contribution in [1.29, 1.82) is 0 Å². The van der Waals surface area contributed by atoms with Crippen LogP contribution in [0, 0.1) is 18.6 Å². The normalized spacial score (nSPS) is 11.4. The molecule has 25 heavy (non-hydrogen) atoms. The van der Waals surface area contributed by atoms with Crippen LogP contribution in [0.2, 0.25) is 0 Å². The number of hydrogen-bond acceptors (Lipinski definition) is 6. The summed E-state index contributed by atoms with van der Waals surface area (Å²) in [6.07, 6.45) is 0. The van der Waals surface area contributed by atoms with Gasteiger partial charge in [0.1, 0.15) is 34.0 Å². The molecule has 2 N–H and O–H groups in total. The average molecular weight is 371 g/mol. The number of halogens is 2. The Balaban J connectivity index is 1.97. The molecule has 7 nitrogen and oxygen atoms in total. The summed E-state index contributed by atoms with van der Waals surface area (Å²) in [6.45, 7) is 1.98. The third kappa shape index (κ3) is 5.07. The van der Waals surface area contributed by atoms with Gasteiger partial charge in [-0.15, -0.1) is 0 Å². The topological polar surface area (TPSA) is 87.2 Å². The van der Waals surface area contributed by atoms with E-state index in [9.17, 15) is 17.2 Å². The van der Waals surface area contributed by atoms with Crippen molar-refractivity contribution < 1.29 is 17.2 Å². The van der Waals surface area contributed by atoms with Crippen molar-refractivity contribution in [2.24, 2.45) is 0 Å². The smallest absolute Gasteiger partial charge is 0.243 e. The second kappa shape index (κ2) is 7.70. The third-order valence-electron chi connectivity index (χ3n) is 3.19. The molecule has 0 saturated heterocycles. The van der Waals surface area contributed by atoms with E-state index in [0.29, 0.717) is 23.5 Å². The molecule has 0 unspecified atom stereocenters. The number of benzene rings is 1. The van der Waals surface area contributed by atoms with Crippen LogP contribution in [-0.4, -0.2) is 45.6 Å². The van der Waals surface area contributed by atoms with Crippen molar-refractivity contribution in [2.75, 3.05) is 37.4 Å². The van der Waals surface area contributed by atoms with Crippen LogP contribution in [0.15, 0.2) is 29.2 Å². The molecule has 0 aliphatic rings. The SMILES string of the molecule is Cc1nc(NCCNS(=O)(=O)c2ccc(F)cc2F)cc(N(C)C)n1. The number of hydrogen-bond donors (Lipinski definition) is 2. The Morgan fingerprint density at radius 1 is 1.12 bits per heavy atom. The fraction of sp³-hybridized carbons (Fsp3) is 0.333. The van der Waals surface area contributed by atoms with Gasteiger partial charge in [-0.05, 0) is 19.1 Å². The molecule has 136 valence electrons. The molecule has 0 bridgehead atoms. The van der Waals surface area contributed by atoms with Gasteiger partial charge in [0.15, 0.2) is 0 Å². The van der Waals surface area contributed by atoms with E-state index >= 15 is 0 Å². The lowest BCUT2D eigenvalue weighted by Gasteiger charge is -2.14. The molecule has 0 spiro atoms. The van der Waals surface area contributed by atoms with E-state index < -0.39 is 26.6 Å². The zero-order valence-corrected chi connectivity index (χ0v) is 14.9. The maximum atomic E-state index is 13.6. The Kier molecular flexibility index (Phi) is 5.85. The maximum Gasteiger partial charge on any atom is 0.243 e. The van der Waals surface area contributed by atoms with Crippen molar-refractivity contribution in [3.63, 3.8) is 0 Å². The van der Waals surface area contributed by atoms with Crippen LogP contribution >= 0.6 is 0 Å². The summed E-state index contributed by atoms with van der Waals surface area (Å²) in [5.74, 6) is -0.147. The largest absolute Gasteiger partial charge is 0.369 e. The average Bonchev–Trinajstić information content (AvgIpc) is 2.50. The predicted molar refractivity (Wildman–Crippen MR) is 91.1 cm³/mol. The standard InChI is InChI=1S/C15H19F2N5O2S/c1-10-20-14(9-15(21-10)22(2)3)18-6-7-19-25(23,24)13-5-4-11(16)8-12(13)17/h4-5,8-9,19H,6-7H2,1-3H3,(H,18,20,21). The van der Waals surface area contributed by atoms with E-state index in [4.69, 9.17) is 0 Å². The molecule has 2 rings (SSSR count). The number of rotatable bonds is 7. The first kappa shape index (κ1) is 19.0. The predicted octanol–water partition coefficient (Wildman–Crippen LogP) is 1.52. The first-order valence-corrected chi connectivity index (χ1v) is 8.89. The minimum atomic E-state index is -4.06. The molecule has 0 saturated carbocycles. The Morgan fingerprint density at radius 2 is 1.84 bits per heavy atom. The molecular weight excluding hydrogens is 352 g/mol. The summed E-state index contributed by atoms with van der Waals surface area (Å²) < 4.78 is 52.8. The minimum Gasteiger partial charge on any atom is -0.369 e. The summed E-state index contributed by atoms with van der Waals surface area (Å²) >= 11 is 0. The quantitative estimate of drug-likeness (QED) is 0.718. The van der Waals surface area contributed by atoms with Gasteiger partial charge in [-0.3, -0.25) is 0 Å². The van der Waals surface area contributed by atoms with Gasteiger partial charge < -0.3 is 10.2 Å². The van der Waals surface area contributed by atoms with Gasteiger partial charge in [0.25, 0.3) is 0 Å². The van der Waals surface area contributed by atoms with Gasteiger partial charge in [0, 0.05) is 39.3 Å². The maximum absolute atomic E-state index is 13.6. The second-order valence-electron chi connectivity index (χ2n) is 5.45. The second-order valence-corrected chi connectivity index (χ2v) is 7.19. The molecule has 10 heteroatoms. The lowest BCUT2D eigenvalue weighted by molar-refractivity contribution is 0.543. The minimum absolute atomic E-state index is 0.000498. The van der Waals surface area contributed by atoms with Crippen LogP contribution in [0.1, 0.15) is 5.82 Å². The summed E-state index contributed by atoms with van der Waals surface area (Å²) in [6, 6.07) is 4.03. The molecule has 1 heterocycles. The van der Waals surface area contributed by atoms with Crippen molar-refractivity contribution in [3.05, 3.63) is 41.7 Å². The van der Waals surface area contributed by atoms with Gasteiger partial charge in [0.05, 0.1) is 0 Å². The molecule has 0 atom stereocenters. The number of aryl methyl sites for hydroxylation is 1. The number of aromatic nitrogens is 2. The highest BCUT2D eigenvalue weighted by atomic mass is 32.2. The lowest BCUT2D eigenvalue weighted by Crippen LogP contribution is -2.29. The van der Waals surface area contributed by atoms with E-state index in [1.807, 2.05) is 19.0 Å². The highest BCUT2D eigenvalue weighted by molar-refractivity contribution is 7.89. The Labute approximate surface area is 145 Å². The van der Waals surface area contributed by atoms with Crippen LogP contribution < -0.4 is 14.9 Å². The molecule has 1 aromatic heterocycles. The number of anilines is 2. The van der Waals surface area contributed by atoms with Crippen LogP contribution in [0.3, 0.4) is 0 Å². The zero-order chi connectivity index (χ0) is 18.6. The van der Waals surface area contributed by atoms with E-state index in [1.54, 1.807) is 13.0 Å². The molecule has 0 fully saturated rings. The number of nitrogens with zero attached hydrogens (tertiary/aromatic N) is 3. The van der Waals surface area contributed by atoms with Gasteiger partial charge in [-0.25, -0.2) is 31.9 Å². The van der Waals surface area contributed by atoms with Crippen LogP contribution in [0.5, 0.6) is 0 Å². The first-order valence-electron chi connectivity index (χ1n) is 7.40.